The van der Waals surface area contributed by atoms with Crippen molar-refractivity contribution in [3.63, 3.8) is 0 Å². The molecule has 1 heterocycles. The van der Waals surface area contributed by atoms with Gasteiger partial charge in [0.25, 0.3) is 0 Å². The van der Waals surface area contributed by atoms with Gasteiger partial charge in [-0.1, -0.05) is 11.1 Å². The molecule has 0 saturated carbocycles. The normalized spacial score (nSPS) is 19.2. The average molecular weight is 243 g/mol. The van der Waals surface area contributed by atoms with Gasteiger partial charge in [0, 0.05) is 18.3 Å². The van der Waals surface area contributed by atoms with Crippen molar-refractivity contribution < 1.29 is 47.9 Å². The maximum absolute atomic E-state index is 11.2. The van der Waals surface area contributed by atoms with Crippen LogP contribution in [0.15, 0.2) is 0 Å². The minimum Gasteiger partial charge on any atom is -0.772 e. The summed E-state index contributed by atoms with van der Waals surface area (Å²) in [6.45, 7) is 3.04. The quantitative estimate of drug-likeness (QED) is 0.397. The maximum atomic E-state index is 11.2. The predicted molar refractivity (Wildman–Crippen MR) is 50.5 cm³/mol. The summed E-state index contributed by atoms with van der Waals surface area (Å²) < 4.78 is 26.1. The molecule has 1 aliphatic rings. The number of carbonyl (C=O) groups excluding carboxylic acids is 1. The third-order valence-electron chi connectivity index (χ3n) is 2.24. The fraction of sp³-hybridized carbons (Fsp3) is 0.875. The van der Waals surface area contributed by atoms with Gasteiger partial charge in [0.1, 0.15) is 0 Å². The third-order valence-corrected chi connectivity index (χ3v) is 3.26. The summed E-state index contributed by atoms with van der Waals surface area (Å²) in [5.41, 5.74) is 0. The zero-order valence-corrected chi connectivity index (χ0v) is 11.9. The fourth-order valence-electron chi connectivity index (χ4n) is 1.45. The summed E-state index contributed by atoms with van der Waals surface area (Å²) in [6, 6.07) is 0. The van der Waals surface area contributed by atoms with Crippen LogP contribution in [0, 0.1) is 0 Å². The Bertz CT molecular complexity index is 231. The van der Waals surface area contributed by atoms with Crippen LogP contribution >= 0.6 is 0 Å². The van der Waals surface area contributed by atoms with Crippen molar-refractivity contribution in [2.75, 3.05) is 19.7 Å². The third kappa shape index (κ3) is 4.82. The average Bonchev–Trinajstić information content (AvgIpc) is 2.18. The van der Waals surface area contributed by atoms with Crippen LogP contribution in [0.2, 0.25) is 0 Å². The number of ether oxygens (including phenoxy) is 1. The molecular formula is C8H14NNaO4S. The van der Waals surface area contributed by atoms with Gasteiger partial charge in [-0.3, -0.25) is 4.21 Å². The standard InChI is InChI=1S/C8H15NO4S.Na/c1-2-13-8(10)9-5-3-7(4-6-9)14(11)12;/h7H,2-6H2,1H3,(H,11,12);/q;+1/p-1. The Labute approximate surface area is 114 Å². The second-order valence-corrected chi connectivity index (χ2v) is 4.33. The van der Waals surface area contributed by atoms with Crippen LogP contribution in [0.3, 0.4) is 0 Å². The van der Waals surface area contributed by atoms with E-state index in [2.05, 4.69) is 0 Å². The molecule has 0 bridgehead atoms. The Hall–Kier alpha value is 0.380. The molecule has 1 aliphatic heterocycles. The van der Waals surface area contributed by atoms with Crippen LogP contribution in [-0.2, 0) is 15.8 Å². The van der Waals surface area contributed by atoms with E-state index in [0.29, 0.717) is 32.5 Å². The van der Waals surface area contributed by atoms with E-state index in [0.717, 1.165) is 0 Å². The van der Waals surface area contributed by atoms with Crippen LogP contribution in [-0.4, -0.2) is 44.7 Å². The second kappa shape index (κ2) is 7.62. The number of amides is 1. The Morgan fingerprint density at radius 1 is 1.53 bits per heavy atom. The number of carbonyl (C=O) groups is 1. The van der Waals surface area contributed by atoms with Crippen LogP contribution in [0.5, 0.6) is 0 Å². The van der Waals surface area contributed by atoms with E-state index in [-0.39, 0.29) is 40.9 Å². The number of nitrogens with zero attached hydrogens (tertiary/aromatic N) is 1. The molecular weight excluding hydrogens is 229 g/mol. The van der Waals surface area contributed by atoms with Gasteiger partial charge >= 0.3 is 35.7 Å². The Balaban J connectivity index is 0.00000196. The van der Waals surface area contributed by atoms with E-state index in [1.54, 1.807) is 11.8 Å². The smallest absolute Gasteiger partial charge is 0.772 e. The van der Waals surface area contributed by atoms with E-state index >= 15 is 0 Å². The Morgan fingerprint density at radius 2 is 2.07 bits per heavy atom. The molecule has 1 unspecified atom stereocenters. The van der Waals surface area contributed by atoms with Crippen molar-refractivity contribution in [3.8, 4) is 0 Å². The van der Waals surface area contributed by atoms with E-state index in [4.69, 9.17) is 4.74 Å². The van der Waals surface area contributed by atoms with E-state index in [9.17, 15) is 13.6 Å². The second-order valence-electron chi connectivity index (χ2n) is 3.15. The maximum Gasteiger partial charge on any atom is 1.00 e. The van der Waals surface area contributed by atoms with Gasteiger partial charge in [-0.05, 0) is 19.8 Å². The molecule has 1 amide bonds. The Kier molecular flexibility index (Phi) is 7.81. The molecule has 0 N–H and O–H groups in total. The first kappa shape index (κ1) is 15.4. The summed E-state index contributed by atoms with van der Waals surface area (Å²) in [5.74, 6) is 0. The first-order valence-electron chi connectivity index (χ1n) is 4.65. The molecule has 0 aliphatic carbocycles. The fourth-order valence-corrected chi connectivity index (χ4v) is 2.04. The van der Waals surface area contributed by atoms with Crippen molar-refractivity contribution in [1.29, 1.82) is 0 Å². The zero-order valence-electron chi connectivity index (χ0n) is 9.10. The van der Waals surface area contributed by atoms with Gasteiger partial charge in [-0.25, -0.2) is 4.79 Å². The van der Waals surface area contributed by atoms with Crippen molar-refractivity contribution in [2.45, 2.75) is 25.0 Å². The molecule has 82 valence electrons. The molecule has 1 rings (SSSR count). The van der Waals surface area contributed by atoms with Gasteiger partial charge in [-0.15, -0.1) is 0 Å². The number of piperidine rings is 1. The topological polar surface area (TPSA) is 69.7 Å². The summed E-state index contributed by atoms with van der Waals surface area (Å²) in [7, 11) is 0. The number of rotatable bonds is 2. The van der Waals surface area contributed by atoms with E-state index in [1.165, 1.54) is 0 Å². The Morgan fingerprint density at radius 3 is 2.47 bits per heavy atom. The first-order valence-corrected chi connectivity index (χ1v) is 5.78. The van der Waals surface area contributed by atoms with E-state index < -0.39 is 11.1 Å². The van der Waals surface area contributed by atoms with Gasteiger partial charge in [0.15, 0.2) is 0 Å². The van der Waals surface area contributed by atoms with Crippen LogP contribution < -0.4 is 29.6 Å². The summed E-state index contributed by atoms with van der Waals surface area (Å²) in [5, 5.41) is -0.305. The molecule has 7 heteroatoms. The molecule has 0 radical (unpaired) electrons. The van der Waals surface area contributed by atoms with Crippen LogP contribution in [0.1, 0.15) is 19.8 Å². The van der Waals surface area contributed by atoms with Gasteiger partial charge < -0.3 is 14.2 Å². The molecule has 0 aromatic carbocycles. The molecule has 5 nitrogen and oxygen atoms in total. The van der Waals surface area contributed by atoms with E-state index in [1.807, 2.05) is 0 Å². The van der Waals surface area contributed by atoms with Crippen molar-refractivity contribution in [1.82, 2.24) is 4.90 Å². The molecule has 0 spiro atoms. The molecule has 0 aromatic rings. The van der Waals surface area contributed by atoms with Crippen LogP contribution in [0.25, 0.3) is 0 Å². The largest absolute Gasteiger partial charge is 1.00 e. The number of likely N-dealkylation sites (tertiary alicyclic amines) is 1. The van der Waals surface area contributed by atoms with Gasteiger partial charge in [0.2, 0.25) is 0 Å². The molecule has 1 fully saturated rings. The van der Waals surface area contributed by atoms with Crippen molar-refractivity contribution in [3.05, 3.63) is 0 Å². The van der Waals surface area contributed by atoms with Crippen molar-refractivity contribution >= 4 is 17.2 Å². The SMILES string of the molecule is CCOC(=O)N1CCC(S(=O)[O-])CC1.[Na+]. The molecule has 1 saturated heterocycles. The minimum absolute atomic E-state index is 0. The summed E-state index contributed by atoms with van der Waals surface area (Å²) in [6.07, 6.45) is 0.673. The van der Waals surface area contributed by atoms with Gasteiger partial charge in [-0.2, -0.15) is 0 Å². The van der Waals surface area contributed by atoms with Crippen molar-refractivity contribution in [2.24, 2.45) is 0 Å². The zero-order chi connectivity index (χ0) is 10.6. The van der Waals surface area contributed by atoms with Gasteiger partial charge in [0.05, 0.1) is 6.61 Å². The molecule has 15 heavy (non-hydrogen) atoms. The number of hydrogen-bond acceptors (Lipinski definition) is 4. The monoisotopic (exact) mass is 243 g/mol. The first-order chi connectivity index (χ1) is 6.65. The summed E-state index contributed by atoms with van der Waals surface area (Å²) in [4.78, 5) is 12.8. The molecule has 0 aromatic heterocycles. The summed E-state index contributed by atoms with van der Waals surface area (Å²) >= 11 is -2.01. The van der Waals surface area contributed by atoms with Crippen LogP contribution in [0.4, 0.5) is 4.79 Å². The molecule has 1 atom stereocenters. The minimum atomic E-state index is -2.01. The number of hydrogen-bond donors (Lipinski definition) is 0. The predicted octanol–water partition coefficient (Wildman–Crippen LogP) is -2.51.